The molecule has 0 aliphatic heterocycles. The van der Waals surface area contributed by atoms with Crippen LogP contribution < -0.4 is 0 Å². The quantitative estimate of drug-likeness (QED) is 0.630. The Hall–Kier alpha value is -0.293. The number of alkyl halides is 3. The zero-order chi connectivity index (χ0) is 9.99. The normalized spacial score (nSPS) is 19.8. The van der Waals surface area contributed by atoms with Gasteiger partial charge in [-0.2, -0.15) is 0 Å². The smallest absolute Gasteiger partial charge is 0.294 e. The molecule has 0 amide bonds. The molecular weight excluding hydrogens is 185 g/mol. The second-order valence-electron chi connectivity index (χ2n) is 2.75. The van der Waals surface area contributed by atoms with Crippen LogP contribution in [0, 0.1) is 0 Å². The highest BCUT2D eigenvalue weighted by atomic mass is 28.4. The Labute approximate surface area is 71.4 Å². The average molecular weight is 198 g/mol. The lowest BCUT2D eigenvalue weighted by molar-refractivity contribution is -0.0107. The van der Waals surface area contributed by atoms with Crippen LogP contribution in [-0.4, -0.2) is 27.1 Å². The molecule has 2 atom stereocenters. The third-order valence-electron chi connectivity index (χ3n) is 1.97. The van der Waals surface area contributed by atoms with E-state index in [2.05, 4.69) is 11.0 Å². The minimum atomic E-state index is -3.43. The Morgan fingerprint density at radius 3 is 2.08 bits per heavy atom. The molecule has 0 rings (SSSR count). The van der Waals surface area contributed by atoms with Crippen molar-refractivity contribution in [2.45, 2.75) is 25.2 Å². The molecule has 0 heterocycles. The molecule has 0 radical (unpaired) electrons. The van der Waals surface area contributed by atoms with Gasteiger partial charge in [-0.05, 0) is 13.5 Å². The molecule has 0 saturated carbocycles. The van der Waals surface area contributed by atoms with Gasteiger partial charge in [-0.15, -0.1) is 6.58 Å². The SMILES string of the molecule is C=C[Si](C)(OC)C(F)(F)C(C)F. The Balaban J connectivity index is 4.83. The van der Waals surface area contributed by atoms with Crippen LogP contribution in [0.2, 0.25) is 6.55 Å². The fourth-order valence-electron chi connectivity index (χ4n) is 0.750. The standard InChI is InChI=1S/C7H13F3OSi/c1-5-12(4,11-3)7(9,10)6(2)8/h5-6H,1H2,2-4H3. The van der Waals surface area contributed by atoms with Crippen LogP contribution in [0.4, 0.5) is 13.2 Å². The van der Waals surface area contributed by atoms with Gasteiger partial charge >= 0.3 is 0 Å². The monoisotopic (exact) mass is 198 g/mol. The molecule has 0 saturated heterocycles. The zero-order valence-electron chi connectivity index (χ0n) is 7.40. The summed E-state index contributed by atoms with van der Waals surface area (Å²) in [6.45, 7) is 5.30. The first-order valence-corrected chi connectivity index (χ1v) is 6.01. The maximum Gasteiger partial charge on any atom is 0.294 e. The summed E-state index contributed by atoms with van der Waals surface area (Å²) in [5.74, 6) is 0. The van der Waals surface area contributed by atoms with Gasteiger partial charge in [0.1, 0.15) is 0 Å². The molecule has 0 aromatic carbocycles. The van der Waals surface area contributed by atoms with Crippen molar-refractivity contribution in [3.63, 3.8) is 0 Å². The maximum absolute atomic E-state index is 13.1. The predicted molar refractivity (Wildman–Crippen MR) is 44.3 cm³/mol. The molecule has 1 nitrogen and oxygen atoms in total. The van der Waals surface area contributed by atoms with E-state index in [1.807, 2.05) is 0 Å². The molecule has 0 aliphatic carbocycles. The molecule has 0 aliphatic rings. The van der Waals surface area contributed by atoms with E-state index in [0.29, 0.717) is 0 Å². The number of halogens is 3. The Kier molecular flexibility index (Phi) is 3.53. The fourth-order valence-corrected chi connectivity index (χ4v) is 2.25. The second-order valence-corrected chi connectivity index (χ2v) is 6.45. The van der Waals surface area contributed by atoms with Gasteiger partial charge < -0.3 is 4.43 Å². The molecule has 0 aromatic heterocycles. The van der Waals surface area contributed by atoms with Crippen LogP contribution in [0.5, 0.6) is 0 Å². The molecule has 0 N–H and O–H groups in total. The average Bonchev–Trinajstić information content (AvgIpc) is 2.02. The summed E-state index contributed by atoms with van der Waals surface area (Å²) < 4.78 is 43.3. The van der Waals surface area contributed by atoms with Crippen LogP contribution in [-0.2, 0) is 4.43 Å². The van der Waals surface area contributed by atoms with Gasteiger partial charge in [-0.1, -0.05) is 5.70 Å². The molecule has 72 valence electrons. The number of hydrogen-bond acceptors (Lipinski definition) is 1. The van der Waals surface area contributed by atoms with E-state index in [4.69, 9.17) is 0 Å². The van der Waals surface area contributed by atoms with Gasteiger partial charge in [-0.25, -0.2) is 13.2 Å². The molecule has 0 aromatic rings. The topological polar surface area (TPSA) is 9.23 Å². The third kappa shape index (κ3) is 1.72. The first kappa shape index (κ1) is 11.7. The highest BCUT2D eigenvalue weighted by Crippen LogP contribution is 2.33. The van der Waals surface area contributed by atoms with Crippen molar-refractivity contribution in [2.75, 3.05) is 7.11 Å². The van der Waals surface area contributed by atoms with Crippen molar-refractivity contribution in [1.29, 1.82) is 0 Å². The van der Waals surface area contributed by atoms with Gasteiger partial charge in [0.15, 0.2) is 6.17 Å². The maximum atomic E-state index is 13.1. The molecule has 0 spiro atoms. The fraction of sp³-hybridized carbons (Fsp3) is 0.714. The van der Waals surface area contributed by atoms with Crippen molar-refractivity contribution >= 4 is 8.32 Å². The Bertz CT molecular complexity index is 172. The molecule has 12 heavy (non-hydrogen) atoms. The van der Waals surface area contributed by atoms with E-state index in [-0.39, 0.29) is 0 Å². The third-order valence-corrected chi connectivity index (χ3v) is 5.32. The highest BCUT2D eigenvalue weighted by molar-refractivity contribution is 6.79. The van der Waals surface area contributed by atoms with Crippen LogP contribution >= 0.6 is 0 Å². The van der Waals surface area contributed by atoms with Gasteiger partial charge in [0.05, 0.1) is 0 Å². The zero-order valence-corrected chi connectivity index (χ0v) is 8.40. The summed E-state index contributed by atoms with van der Waals surface area (Å²) >= 11 is 0. The van der Waals surface area contributed by atoms with Crippen molar-refractivity contribution in [3.8, 4) is 0 Å². The van der Waals surface area contributed by atoms with Gasteiger partial charge in [0, 0.05) is 7.11 Å². The summed E-state index contributed by atoms with van der Waals surface area (Å²) in [5.41, 5.74) is -2.37. The number of hydrogen-bond donors (Lipinski definition) is 0. The molecule has 5 heteroatoms. The summed E-state index contributed by atoms with van der Waals surface area (Å²) in [5, 5.41) is 0. The first-order chi connectivity index (χ1) is 5.31. The Morgan fingerprint density at radius 2 is 2.00 bits per heavy atom. The highest BCUT2D eigenvalue weighted by Gasteiger charge is 2.56. The summed E-state index contributed by atoms with van der Waals surface area (Å²) in [6, 6.07) is 0. The van der Waals surface area contributed by atoms with Gasteiger partial charge in [0.2, 0.25) is 0 Å². The summed E-state index contributed by atoms with van der Waals surface area (Å²) in [4.78, 5) is 0. The lowest BCUT2D eigenvalue weighted by Gasteiger charge is -2.31. The van der Waals surface area contributed by atoms with E-state index in [9.17, 15) is 13.2 Å². The van der Waals surface area contributed by atoms with E-state index >= 15 is 0 Å². The predicted octanol–water partition coefficient (Wildman–Crippen LogP) is 2.47. The molecule has 0 bridgehead atoms. The van der Waals surface area contributed by atoms with Crippen molar-refractivity contribution in [3.05, 3.63) is 12.3 Å². The molecule has 2 unspecified atom stereocenters. The second kappa shape index (κ2) is 3.61. The minimum Gasteiger partial charge on any atom is -0.411 e. The lowest BCUT2D eigenvalue weighted by Crippen LogP contribution is -2.55. The van der Waals surface area contributed by atoms with Gasteiger partial charge in [-0.3, -0.25) is 0 Å². The van der Waals surface area contributed by atoms with E-state index in [1.165, 1.54) is 6.55 Å². The van der Waals surface area contributed by atoms with Crippen LogP contribution in [0.15, 0.2) is 12.3 Å². The molecular formula is C7H13F3OSi. The van der Waals surface area contributed by atoms with Crippen LogP contribution in [0.25, 0.3) is 0 Å². The minimum absolute atomic E-state index is 0.827. The number of rotatable bonds is 4. The van der Waals surface area contributed by atoms with E-state index < -0.39 is 20.0 Å². The van der Waals surface area contributed by atoms with E-state index in [1.54, 1.807) is 0 Å². The van der Waals surface area contributed by atoms with E-state index in [0.717, 1.165) is 19.7 Å². The summed E-state index contributed by atoms with van der Waals surface area (Å²) in [6.07, 6.45) is -2.20. The van der Waals surface area contributed by atoms with Crippen molar-refractivity contribution < 1.29 is 17.6 Å². The van der Waals surface area contributed by atoms with Gasteiger partial charge in [0.25, 0.3) is 13.9 Å². The largest absolute Gasteiger partial charge is 0.411 e. The van der Waals surface area contributed by atoms with Crippen molar-refractivity contribution in [2.24, 2.45) is 0 Å². The van der Waals surface area contributed by atoms with Crippen molar-refractivity contribution in [1.82, 2.24) is 0 Å². The first-order valence-electron chi connectivity index (χ1n) is 3.52. The van der Waals surface area contributed by atoms with Crippen LogP contribution in [0.3, 0.4) is 0 Å². The Morgan fingerprint density at radius 1 is 1.58 bits per heavy atom. The lowest BCUT2D eigenvalue weighted by atomic mass is 10.5. The van der Waals surface area contributed by atoms with Crippen LogP contribution in [0.1, 0.15) is 6.92 Å². The summed E-state index contributed by atoms with van der Waals surface area (Å²) in [7, 11) is -2.28. The molecule has 0 fully saturated rings.